The third kappa shape index (κ3) is 2.88. The predicted octanol–water partition coefficient (Wildman–Crippen LogP) is 2.90. The van der Waals surface area contributed by atoms with Crippen LogP contribution in [-0.2, 0) is 22.2 Å². The first-order valence-corrected chi connectivity index (χ1v) is 7.03. The molecule has 3 rings (SSSR count). The van der Waals surface area contributed by atoms with Crippen LogP contribution < -0.4 is 0 Å². The lowest BCUT2D eigenvalue weighted by molar-refractivity contribution is -0.167. The van der Waals surface area contributed by atoms with Gasteiger partial charge in [-0.15, -0.1) is 0 Å². The average Bonchev–Trinajstić information content (AvgIpc) is 3.02. The van der Waals surface area contributed by atoms with Crippen LogP contribution in [0.1, 0.15) is 37.6 Å². The zero-order valence-corrected chi connectivity index (χ0v) is 12.7. The standard InChI is InChI=1S/C16H10F3NO5/c1-8-11(12(7-24-8)16(17,18)19)6-13(21)25-20-14(22)9-4-2-3-5-10(9)15(20)23/h2-5,7H,6H2,1H3. The number of hydrogen-bond acceptors (Lipinski definition) is 5. The molecule has 1 aliphatic heterocycles. The van der Waals surface area contributed by atoms with Crippen LogP contribution in [0, 0.1) is 6.92 Å². The molecule has 2 aromatic rings. The Labute approximate surface area is 138 Å². The third-order valence-electron chi connectivity index (χ3n) is 3.68. The molecule has 0 saturated carbocycles. The van der Waals surface area contributed by atoms with E-state index in [0.717, 1.165) is 0 Å². The topological polar surface area (TPSA) is 76.8 Å². The molecule has 25 heavy (non-hydrogen) atoms. The molecule has 0 aliphatic carbocycles. The number of halogens is 3. The number of furan rings is 1. The fraction of sp³-hybridized carbons (Fsp3) is 0.188. The monoisotopic (exact) mass is 353 g/mol. The summed E-state index contributed by atoms with van der Waals surface area (Å²) in [6.07, 6.45) is -5.01. The summed E-state index contributed by atoms with van der Waals surface area (Å²) in [5.74, 6) is -3.00. The van der Waals surface area contributed by atoms with E-state index in [0.29, 0.717) is 6.26 Å². The lowest BCUT2D eigenvalue weighted by Gasteiger charge is -2.13. The van der Waals surface area contributed by atoms with Crippen LogP contribution >= 0.6 is 0 Å². The zero-order chi connectivity index (χ0) is 18.4. The lowest BCUT2D eigenvalue weighted by atomic mass is 10.1. The quantitative estimate of drug-likeness (QED) is 0.793. The Bertz CT molecular complexity index is 849. The molecule has 1 aromatic carbocycles. The highest BCUT2D eigenvalue weighted by Crippen LogP contribution is 2.35. The smallest absolute Gasteiger partial charge is 0.419 e. The van der Waals surface area contributed by atoms with Crippen molar-refractivity contribution in [3.63, 3.8) is 0 Å². The van der Waals surface area contributed by atoms with Gasteiger partial charge in [-0.05, 0) is 19.1 Å². The minimum Gasteiger partial charge on any atom is -0.469 e. The van der Waals surface area contributed by atoms with Crippen molar-refractivity contribution in [3.05, 3.63) is 58.5 Å². The van der Waals surface area contributed by atoms with Gasteiger partial charge in [0, 0.05) is 5.56 Å². The van der Waals surface area contributed by atoms with Gasteiger partial charge < -0.3 is 9.25 Å². The molecule has 0 radical (unpaired) electrons. The van der Waals surface area contributed by atoms with Gasteiger partial charge in [0.05, 0.1) is 23.1 Å². The molecule has 0 saturated heterocycles. The number of carbonyl (C=O) groups excluding carboxylic acids is 3. The number of nitrogens with zero attached hydrogens (tertiary/aromatic N) is 1. The number of imide groups is 1. The largest absolute Gasteiger partial charge is 0.469 e. The molecule has 0 bridgehead atoms. The van der Waals surface area contributed by atoms with Gasteiger partial charge in [0.15, 0.2) is 0 Å². The van der Waals surface area contributed by atoms with E-state index in [2.05, 4.69) is 0 Å². The summed E-state index contributed by atoms with van der Waals surface area (Å²) in [6.45, 7) is 1.26. The van der Waals surface area contributed by atoms with Gasteiger partial charge in [-0.25, -0.2) is 4.79 Å². The third-order valence-corrected chi connectivity index (χ3v) is 3.68. The minimum atomic E-state index is -4.71. The molecular formula is C16H10F3NO5. The minimum absolute atomic E-state index is 0.0516. The fourth-order valence-electron chi connectivity index (χ4n) is 2.47. The van der Waals surface area contributed by atoms with E-state index in [1.165, 1.54) is 31.2 Å². The van der Waals surface area contributed by atoms with Gasteiger partial charge >= 0.3 is 12.1 Å². The first-order chi connectivity index (χ1) is 11.7. The maximum absolute atomic E-state index is 12.9. The number of carbonyl (C=O) groups is 3. The van der Waals surface area contributed by atoms with Crippen molar-refractivity contribution >= 4 is 17.8 Å². The number of aryl methyl sites for hydroxylation is 1. The normalized spacial score (nSPS) is 14.0. The molecule has 2 heterocycles. The van der Waals surface area contributed by atoms with Crippen LogP contribution in [0.4, 0.5) is 13.2 Å². The molecule has 0 unspecified atom stereocenters. The van der Waals surface area contributed by atoms with Gasteiger partial charge in [0.1, 0.15) is 12.0 Å². The SMILES string of the molecule is Cc1occ(C(F)(F)F)c1CC(=O)ON1C(=O)c2ccccc2C1=O. The first-order valence-electron chi connectivity index (χ1n) is 7.03. The van der Waals surface area contributed by atoms with E-state index < -0.39 is 41.5 Å². The van der Waals surface area contributed by atoms with Crippen LogP contribution in [-0.4, -0.2) is 22.8 Å². The van der Waals surface area contributed by atoms with Crippen LogP contribution in [0.2, 0.25) is 0 Å². The van der Waals surface area contributed by atoms with Crippen molar-refractivity contribution in [2.75, 3.05) is 0 Å². The highest BCUT2D eigenvalue weighted by molar-refractivity contribution is 6.20. The number of amides is 2. The van der Waals surface area contributed by atoms with Crippen molar-refractivity contribution in [2.45, 2.75) is 19.5 Å². The molecule has 1 aromatic heterocycles. The summed E-state index contributed by atoms with van der Waals surface area (Å²) in [5, 5.41) is 0.246. The van der Waals surface area contributed by atoms with Gasteiger partial charge in [-0.2, -0.15) is 13.2 Å². The van der Waals surface area contributed by atoms with E-state index in [-0.39, 0.29) is 22.0 Å². The summed E-state index contributed by atoms with van der Waals surface area (Å²) in [5.41, 5.74) is -1.41. The highest BCUT2D eigenvalue weighted by atomic mass is 19.4. The van der Waals surface area contributed by atoms with Crippen LogP contribution in [0.3, 0.4) is 0 Å². The summed E-state index contributed by atoms with van der Waals surface area (Å²) in [7, 11) is 0. The highest BCUT2D eigenvalue weighted by Gasteiger charge is 2.40. The lowest BCUT2D eigenvalue weighted by Crippen LogP contribution is -2.33. The summed E-state index contributed by atoms with van der Waals surface area (Å²) >= 11 is 0. The number of hydrogen-bond donors (Lipinski definition) is 0. The fourth-order valence-corrected chi connectivity index (χ4v) is 2.47. The molecule has 6 nitrogen and oxygen atoms in total. The number of benzene rings is 1. The summed E-state index contributed by atoms with van der Waals surface area (Å²) in [6, 6.07) is 5.82. The predicted molar refractivity (Wildman–Crippen MR) is 75.2 cm³/mol. The maximum atomic E-state index is 12.9. The van der Waals surface area contributed by atoms with Crippen LogP contribution in [0.25, 0.3) is 0 Å². The van der Waals surface area contributed by atoms with E-state index in [1.807, 2.05) is 0 Å². The molecule has 9 heteroatoms. The molecule has 130 valence electrons. The number of rotatable bonds is 3. The van der Waals surface area contributed by atoms with Crippen molar-refractivity contribution in [1.29, 1.82) is 0 Å². The number of alkyl halides is 3. The van der Waals surface area contributed by atoms with Crippen molar-refractivity contribution in [1.82, 2.24) is 5.06 Å². The average molecular weight is 353 g/mol. The molecule has 0 N–H and O–H groups in total. The van der Waals surface area contributed by atoms with Crippen molar-refractivity contribution < 1.29 is 36.8 Å². The number of fused-ring (bicyclic) bond motifs is 1. The molecular weight excluding hydrogens is 343 g/mol. The van der Waals surface area contributed by atoms with Crippen LogP contribution in [0.15, 0.2) is 34.9 Å². The van der Waals surface area contributed by atoms with Gasteiger partial charge in [-0.1, -0.05) is 17.2 Å². The first kappa shape index (κ1) is 16.7. The second-order valence-corrected chi connectivity index (χ2v) is 5.27. The van der Waals surface area contributed by atoms with Gasteiger partial charge in [0.25, 0.3) is 11.8 Å². The summed E-state index contributed by atoms with van der Waals surface area (Å²) < 4.78 is 43.4. The Hall–Kier alpha value is -3.10. The summed E-state index contributed by atoms with van der Waals surface area (Å²) in [4.78, 5) is 40.8. The Balaban J connectivity index is 1.78. The molecule has 0 spiro atoms. The maximum Gasteiger partial charge on any atom is 0.419 e. The molecule has 0 fully saturated rings. The van der Waals surface area contributed by atoms with Crippen molar-refractivity contribution in [2.24, 2.45) is 0 Å². The molecule has 1 aliphatic rings. The van der Waals surface area contributed by atoms with E-state index in [9.17, 15) is 27.6 Å². The van der Waals surface area contributed by atoms with Crippen LogP contribution in [0.5, 0.6) is 0 Å². The van der Waals surface area contributed by atoms with Crippen molar-refractivity contribution in [3.8, 4) is 0 Å². The van der Waals surface area contributed by atoms with E-state index in [1.54, 1.807) is 0 Å². The van der Waals surface area contributed by atoms with Gasteiger partial charge in [-0.3, -0.25) is 9.59 Å². The Morgan fingerprint density at radius 2 is 1.72 bits per heavy atom. The van der Waals surface area contributed by atoms with E-state index >= 15 is 0 Å². The Morgan fingerprint density at radius 3 is 2.24 bits per heavy atom. The number of hydroxylamine groups is 2. The van der Waals surface area contributed by atoms with E-state index in [4.69, 9.17) is 9.25 Å². The Morgan fingerprint density at radius 1 is 1.16 bits per heavy atom. The second kappa shape index (κ2) is 5.76. The zero-order valence-electron chi connectivity index (χ0n) is 12.7. The second-order valence-electron chi connectivity index (χ2n) is 5.27. The Kier molecular flexibility index (Phi) is 3.86. The van der Waals surface area contributed by atoms with Gasteiger partial charge in [0.2, 0.25) is 0 Å². The molecule has 0 atom stereocenters. The molecule has 2 amide bonds.